The quantitative estimate of drug-likeness (QED) is 0.0127. The molecule has 3 rings (SSSR count). The Morgan fingerprint density at radius 3 is 1.59 bits per heavy atom. The van der Waals surface area contributed by atoms with Gasteiger partial charge in [-0.05, 0) is 86.2 Å². The highest BCUT2D eigenvalue weighted by Gasteiger charge is 2.40. The zero-order valence-electron chi connectivity index (χ0n) is 71.1. The summed E-state index contributed by atoms with van der Waals surface area (Å²) in [7, 11) is 1.35. The number of guanidine groups is 2. The molecule has 1 aliphatic heterocycles. The van der Waals surface area contributed by atoms with Crippen molar-refractivity contribution in [2.24, 2.45) is 46.6 Å². The highest BCUT2D eigenvalue weighted by Crippen LogP contribution is 2.24. The summed E-state index contributed by atoms with van der Waals surface area (Å²) in [5.41, 5.74) is 24.3. The summed E-state index contributed by atoms with van der Waals surface area (Å²) < 4.78 is 0. The Kier molecular flexibility index (Phi) is 48.0. The average molecular weight is 1800 g/mol. The van der Waals surface area contributed by atoms with Crippen molar-refractivity contribution >= 4 is 140 Å². The first kappa shape index (κ1) is 107. The summed E-state index contributed by atoms with van der Waals surface area (Å²) in [6, 6.07) is -5.89. The number of carboxylic acids is 2. The molecular formula is C78H123N23O22S2. The van der Waals surface area contributed by atoms with Crippen LogP contribution in [0.3, 0.4) is 0 Å². The van der Waals surface area contributed by atoms with Gasteiger partial charge in [0.1, 0.15) is 78.5 Å². The van der Waals surface area contributed by atoms with Crippen LogP contribution in [0.2, 0.25) is 0 Å². The van der Waals surface area contributed by atoms with Crippen molar-refractivity contribution in [3.05, 3.63) is 71.8 Å². The Balaban J connectivity index is 2.22. The highest BCUT2D eigenvalue weighted by atomic mass is 33.1. The minimum atomic E-state index is -1.95. The van der Waals surface area contributed by atoms with Crippen LogP contribution in [0.4, 0.5) is 0 Å². The zero-order valence-corrected chi connectivity index (χ0v) is 72.7. The number of nitrogens with two attached hydrogens (primary N) is 4. The van der Waals surface area contributed by atoms with Gasteiger partial charge in [-0.15, -0.1) is 0 Å². The number of carboxylic acid groups (broad SMARTS) is 2. The standard InChI is InChI=1S/C78H123N23O22S2/c1-9-42(8)62(101-68(114)47(23-17-29-86-78(83)84)91-69(115)50(30-39(2)3)95-63(109)45(79)31-43-18-12-10-13-19-43)75(121)100-61(41(6)7)74(120)94-49(24-26-56(80)104)67(113)98-55-38-125-124-37-54(65(111)88-33-57(105)89-51(76(122)123)32-44-20-14-11-15-21-44)97-70(116)52(35-102)90-58(106)34-87-64(110)48(25-27-59(107)108)93-73(119)60(40(4)5)99-71(117)53(36-103)96-66(112)46(92-72(55)118)22-16-28-85-77(81)82/h10-15,18-21,39-42,45-55,60-62,102-103H,9,16-17,22-38,79H2,1-8H3,(H2,80,104)(H,87,110)(H,88,111)(H,89,105)(H,90,106)(H,91,115)(H,92,118)(H,93,119)(H,94,120)(H,95,109)(H,96,112)(H,97,116)(H,98,113)(H,99,117)(H,100,121)(H,101,114)(H,107,108)(H,122,123)(H4,81,82,85)(H4,83,84,86)/t42-,45-,46-,47-,48-,49-,50-,51-,52-,53-,54-,55-,60+,61-,62-/m0/s1. The lowest BCUT2D eigenvalue weighted by Gasteiger charge is -2.31. The Hall–Kier alpha value is -12.0. The third kappa shape index (κ3) is 40.5. The molecule has 2 aromatic rings. The second kappa shape index (κ2) is 56.0. The summed E-state index contributed by atoms with van der Waals surface area (Å²) in [6.07, 6.45) is -2.85. The molecule has 0 aliphatic carbocycles. The fourth-order valence-corrected chi connectivity index (χ4v) is 14.5. The molecule has 0 unspecified atom stereocenters. The molecule has 0 spiro atoms. The fourth-order valence-electron chi connectivity index (χ4n) is 12.1. The van der Waals surface area contributed by atoms with E-state index in [1.165, 1.54) is 27.7 Å². The Morgan fingerprint density at radius 1 is 0.520 bits per heavy atom. The molecule has 1 fully saturated rings. The van der Waals surface area contributed by atoms with Gasteiger partial charge in [-0.3, -0.25) is 92.3 Å². The molecule has 45 nitrogen and oxygen atoms in total. The summed E-state index contributed by atoms with van der Waals surface area (Å²) in [5.74, 6) is -24.9. The fraction of sp³-hybridized carbons (Fsp3) is 0.590. The zero-order chi connectivity index (χ0) is 93.7. The molecule has 16 amide bonds. The molecule has 47 heteroatoms. The van der Waals surface area contributed by atoms with Gasteiger partial charge in [-0.25, -0.2) is 4.79 Å². The van der Waals surface area contributed by atoms with Gasteiger partial charge in [0.05, 0.1) is 32.3 Å². The number of nitrogens with one attached hydrogen (secondary N) is 19. The van der Waals surface area contributed by atoms with Crippen molar-refractivity contribution in [1.82, 2.24) is 90.4 Å². The Bertz CT molecular complexity index is 4030. The molecule has 1 heterocycles. The van der Waals surface area contributed by atoms with Gasteiger partial charge in [-0.2, -0.15) is 0 Å². The lowest BCUT2D eigenvalue weighted by atomic mass is 9.95. The van der Waals surface area contributed by atoms with Crippen molar-refractivity contribution in [3.8, 4) is 0 Å². The maximum absolute atomic E-state index is 15.1. The number of amides is 16. The second-order valence-electron chi connectivity index (χ2n) is 30.8. The minimum absolute atomic E-state index is 0.0573. The molecule has 0 radical (unpaired) electrons. The van der Waals surface area contributed by atoms with E-state index >= 15 is 9.59 Å². The first-order valence-corrected chi connectivity index (χ1v) is 43.1. The van der Waals surface area contributed by atoms with Gasteiger partial charge in [0, 0.05) is 43.9 Å². The van der Waals surface area contributed by atoms with E-state index in [-0.39, 0.29) is 69.9 Å². The van der Waals surface area contributed by atoms with Gasteiger partial charge < -0.3 is 134 Å². The first-order chi connectivity index (χ1) is 59.0. The summed E-state index contributed by atoms with van der Waals surface area (Å²) in [6.45, 7) is 8.40. The smallest absolute Gasteiger partial charge is 0.326 e. The Morgan fingerprint density at radius 2 is 1.03 bits per heavy atom. The molecule has 0 bridgehead atoms. The van der Waals surface area contributed by atoms with Crippen LogP contribution in [0.5, 0.6) is 0 Å². The van der Waals surface area contributed by atoms with Crippen LogP contribution in [0, 0.1) is 34.5 Å². The number of aliphatic hydroxyl groups is 2. The van der Waals surface area contributed by atoms with E-state index < -0.39 is 285 Å². The van der Waals surface area contributed by atoms with E-state index in [0.29, 0.717) is 27.2 Å². The van der Waals surface area contributed by atoms with Gasteiger partial charge >= 0.3 is 11.9 Å². The lowest BCUT2D eigenvalue weighted by Crippen LogP contribution is -2.62. The van der Waals surface area contributed by atoms with Gasteiger partial charge in [0.25, 0.3) is 0 Å². The van der Waals surface area contributed by atoms with E-state index in [0.717, 1.165) is 5.56 Å². The summed E-state index contributed by atoms with van der Waals surface area (Å²) >= 11 is 0. The normalized spacial score (nSPS) is 19.8. The summed E-state index contributed by atoms with van der Waals surface area (Å²) in [5, 5.41) is 97.7. The molecule has 1 aliphatic rings. The lowest BCUT2D eigenvalue weighted by molar-refractivity contribution is -0.142. The number of aliphatic hydroxyl groups excluding tert-OH is 2. The molecule has 15 atom stereocenters. The maximum atomic E-state index is 15.1. The number of primary amides is 1. The number of hydrogen-bond donors (Lipinski definition) is 27. The van der Waals surface area contributed by atoms with Crippen molar-refractivity contribution in [1.29, 1.82) is 10.8 Å². The van der Waals surface area contributed by atoms with Crippen LogP contribution in [0.25, 0.3) is 0 Å². The predicted molar refractivity (Wildman–Crippen MR) is 458 cm³/mol. The van der Waals surface area contributed by atoms with Gasteiger partial charge in [-0.1, -0.05) is 144 Å². The minimum Gasteiger partial charge on any atom is -0.481 e. The summed E-state index contributed by atoms with van der Waals surface area (Å²) in [4.78, 5) is 251. The number of benzene rings is 2. The van der Waals surface area contributed by atoms with Crippen LogP contribution >= 0.6 is 21.6 Å². The molecule has 0 aromatic heterocycles. The van der Waals surface area contributed by atoms with Crippen LogP contribution in [0.15, 0.2) is 60.7 Å². The van der Waals surface area contributed by atoms with Crippen LogP contribution in [-0.2, 0) is 99.1 Å². The third-order valence-corrected chi connectivity index (χ3v) is 21.7. The molecular weight excluding hydrogens is 1680 g/mol. The maximum Gasteiger partial charge on any atom is 0.326 e. The molecule has 1 saturated heterocycles. The van der Waals surface area contributed by atoms with Crippen molar-refractivity contribution in [3.63, 3.8) is 0 Å². The average Bonchev–Trinajstić information content (AvgIpc) is 0.845. The largest absolute Gasteiger partial charge is 0.481 e. The third-order valence-electron chi connectivity index (χ3n) is 19.3. The van der Waals surface area contributed by atoms with E-state index in [2.05, 4.69) is 90.4 Å². The van der Waals surface area contributed by atoms with E-state index in [1.54, 1.807) is 88.4 Å². The molecule has 0 saturated carbocycles. The topological polar surface area (TPSA) is 744 Å². The number of carbonyl (C=O) groups excluding carboxylic acids is 16. The van der Waals surface area contributed by atoms with E-state index in [9.17, 15) is 97.1 Å². The number of carbonyl (C=O) groups is 18. The van der Waals surface area contributed by atoms with E-state index in [4.69, 9.17) is 33.8 Å². The van der Waals surface area contributed by atoms with Crippen molar-refractivity contribution in [2.45, 2.75) is 217 Å². The first-order valence-electron chi connectivity index (χ1n) is 40.7. The van der Waals surface area contributed by atoms with Gasteiger partial charge in [0.2, 0.25) is 94.5 Å². The number of aliphatic carboxylic acids is 2. The van der Waals surface area contributed by atoms with Gasteiger partial charge in [0.15, 0.2) is 11.9 Å². The SMILES string of the molecule is CC[C@H](C)[C@H](NC(=O)[C@H](CCCNC(=N)N)NC(=O)[C@H](CC(C)C)NC(=O)[C@@H](N)Cc1ccccc1)C(=O)N[C@H](C(=O)N[C@@H](CCC(N)=O)C(=O)N[C@H]1CSSC[C@@H](C(=O)NCC(=O)N[C@@H](Cc2ccccc2)C(=O)O)NC(=O)[C@H](CO)NC(=O)CNC(=O)[C@H](CCC(=O)O)NC(=O)[C@@H](C(C)C)NC(=O)[C@H](CO)NC(=O)[C@H](CCCNC(=N)N)NC1=O)C(C)C. The van der Waals surface area contributed by atoms with Crippen molar-refractivity contribution in [2.75, 3.05) is 50.9 Å². The molecule has 2 aromatic carbocycles. The van der Waals surface area contributed by atoms with Crippen LogP contribution in [0.1, 0.15) is 131 Å². The Labute approximate surface area is 730 Å². The highest BCUT2D eigenvalue weighted by molar-refractivity contribution is 8.76. The monoisotopic (exact) mass is 1800 g/mol. The predicted octanol–water partition coefficient (Wildman–Crippen LogP) is -7.14. The molecule has 125 heavy (non-hydrogen) atoms. The number of hydrogen-bond acceptors (Lipinski definition) is 25. The van der Waals surface area contributed by atoms with Crippen LogP contribution < -0.4 is 113 Å². The number of rotatable bonds is 43. The molecule has 694 valence electrons. The van der Waals surface area contributed by atoms with Crippen molar-refractivity contribution < 1.29 is 107 Å². The second-order valence-corrected chi connectivity index (χ2v) is 33.3. The van der Waals surface area contributed by atoms with E-state index in [1.807, 2.05) is 0 Å². The van der Waals surface area contributed by atoms with Crippen LogP contribution in [-0.4, -0.2) is 274 Å². The molecule has 31 N–H and O–H groups in total.